The third kappa shape index (κ3) is 4.03. The number of pyridine rings is 2. The van der Waals surface area contributed by atoms with Crippen molar-refractivity contribution in [3.8, 4) is 33.5 Å². The van der Waals surface area contributed by atoms with E-state index in [1.165, 1.54) is 10.6 Å². The molecule has 0 aliphatic rings. The van der Waals surface area contributed by atoms with Crippen molar-refractivity contribution in [2.24, 2.45) is 7.05 Å². The lowest BCUT2D eigenvalue weighted by atomic mass is 9.97. The van der Waals surface area contributed by atoms with Gasteiger partial charge in [0.05, 0.1) is 21.3 Å². The fourth-order valence-corrected chi connectivity index (χ4v) is 5.43. The molecule has 0 radical (unpaired) electrons. The number of carbonyl (C=O) groups excluding carboxylic acids is 2. The molecule has 4 heterocycles. The maximum atomic E-state index is 12.4. The van der Waals surface area contributed by atoms with Crippen LogP contribution in [0.1, 0.15) is 20.7 Å². The van der Waals surface area contributed by atoms with Crippen LogP contribution in [0.4, 0.5) is 0 Å². The Labute approximate surface area is 231 Å². The number of nitrogens with zero attached hydrogens (tertiary/aromatic N) is 4. The summed E-state index contributed by atoms with van der Waals surface area (Å²) in [5.74, 6) is 0. The van der Waals surface area contributed by atoms with E-state index in [9.17, 15) is 14.4 Å². The molecule has 9 heteroatoms. The monoisotopic (exact) mass is 552 g/mol. The van der Waals surface area contributed by atoms with Crippen LogP contribution < -0.4 is 5.56 Å². The van der Waals surface area contributed by atoms with Gasteiger partial charge >= 0.3 is 0 Å². The zero-order valence-corrected chi connectivity index (χ0v) is 21.9. The van der Waals surface area contributed by atoms with Crippen LogP contribution in [0.2, 0.25) is 10.0 Å². The Morgan fingerprint density at radius 3 is 2.21 bits per heavy atom. The van der Waals surface area contributed by atoms with E-state index in [1.54, 1.807) is 24.5 Å². The molecule has 0 saturated heterocycles. The number of hydrogen-bond acceptors (Lipinski definition) is 5. The van der Waals surface area contributed by atoms with Gasteiger partial charge in [0.2, 0.25) is 0 Å². The van der Waals surface area contributed by atoms with E-state index in [4.69, 9.17) is 28.2 Å². The second-order valence-electron chi connectivity index (χ2n) is 9.00. The quantitative estimate of drug-likeness (QED) is 0.227. The molecule has 190 valence electrons. The first kappa shape index (κ1) is 24.7. The lowest BCUT2D eigenvalue weighted by Crippen LogP contribution is -2.18. The number of rotatable bonds is 5. The van der Waals surface area contributed by atoms with Gasteiger partial charge in [-0.15, -0.1) is 0 Å². The minimum Gasteiger partial charge on any atom is -0.335 e. The summed E-state index contributed by atoms with van der Waals surface area (Å²) in [5.41, 5.74) is 5.54. The van der Waals surface area contributed by atoms with Gasteiger partial charge in [-0.2, -0.15) is 0 Å². The third-order valence-electron chi connectivity index (χ3n) is 6.72. The molecule has 0 spiro atoms. The summed E-state index contributed by atoms with van der Waals surface area (Å²) >= 11 is 13.9. The van der Waals surface area contributed by atoms with Crippen molar-refractivity contribution >= 4 is 52.5 Å². The van der Waals surface area contributed by atoms with Crippen LogP contribution in [0.25, 0.3) is 50.2 Å². The van der Waals surface area contributed by atoms with Crippen LogP contribution in [-0.2, 0) is 7.05 Å². The summed E-state index contributed by atoms with van der Waals surface area (Å²) in [6.45, 7) is 0. The van der Waals surface area contributed by atoms with Crippen LogP contribution in [0.5, 0.6) is 0 Å². The van der Waals surface area contributed by atoms with Gasteiger partial charge in [-0.25, -0.2) is 9.97 Å². The number of fused-ring (bicyclic) bond motifs is 2. The number of benzene rings is 2. The van der Waals surface area contributed by atoms with Crippen LogP contribution in [0, 0.1) is 0 Å². The van der Waals surface area contributed by atoms with Crippen molar-refractivity contribution in [1.29, 1.82) is 0 Å². The highest BCUT2D eigenvalue weighted by molar-refractivity contribution is 6.39. The van der Waals surface area contributed by atoms with Gasteiger partial charge in [-0.1, -0.05) is 59.6 Å². The lowest BCUT2D eigenvalue weighted by Gasteiger charge is -2.14. The molecule has 0 saturated carbocycles. The number of carbonyl (C=O) groups is 2. The summed E-state index contributed by atoms with van der Waals surface area (Å²) in [5, 5.41) is 1.74. The summed E-state index contributed by atoms with van der Waals surface area (Å²) in [7, 11) is 1.84. The minimum atomic E-state index is -0.436. The highest BCUT2D eigenvalue weighted by atomic mass is 35.5. The molecule has 2 aromatic carbocycles. The fourth-order valence-electron chi connectivity index (χ4n) is 4.76. The Balaban J connectivity index is 1.46. The predicted molar refractivity (Wildman–Crippen MR) is 153 cm³/mol. The zero-order chi connectivity index (χ0) is 27.3. The summed E-state index contributed by atoms with van der Waals surface area (Å²) in [4.78, 5) is 44.0. The predicted octanol–water partition coefficient (Wildman–Crippen LogP) is 6.51. The largest absolute Gasteiger partial charge is 0.335 e. The van der Waals surface area contributed by atoms with E-state index in [-0.39, 0.29) is 5.56 Å². The summed E-state index contributed by atoms with van der Waals surface area (Å²) in [6.07, 6.45) is 5.89. The third-order valence-corrected chi connectivity index (χ3v) is 7.53. The Bertz CT molecular complexity index is 2030. The molecule has 6 aromatic rings. The molecule has 0 aliphatic heterocycles. The van der Waals surface area contributed by atoms with Crippen molar-refractivity contribution in [3.05, 3.63) is 111 Å². The SMILES string of the molecule is Cn1cc(C=O)c2ccc(-c3cccc(-c4cccc(-c5ccn6c(=O)c(C=O)cnc6c5)c4Cl)c3Cl)nc21. The van der Waals surface area contributed by atoms with E-state index >= 15 is 0 Å². The highest BCUT2D eigenvalue weighted by Gasteiger charge is 2.17. The Morgan fingerprint density at radius 1 is 0.821 bits per heavy atom. The molecule has 0 aliphatic carbocycles. The van der Waals surface area contributed by atoms with Crippen molar-refractivity contribution < 1.29 is 9.59 Å². The fraction of sp³-hybridized carbons (Fsp3) is 0.0333. The highest BCUT2D eigenvalue weighted by Crippen LogP contribution is 2.42. The van der Waals surface area contributed by atoms with Crippen LogP contribution in [-0.4, -0.2) is 31.5 Å². The van der Waals surface area contributed by atoms with E-state index in [1.807, 2.05) is 60.1 Å². The molecule has 0 N–H and O–H groups in total. The van der Waals surface area contributed by atoms with Crippen molar-refractivity contribution in [1.82, 2.24) is 18.9 Å². The van der Waals surface area contributed by atoms with Crippen LogP contribution >= 0.6 is 23.2 Å². The number of hydrogen-bond donors (Lipinski definition) is 0. The van der Waals surface area contributed by atoms with E-state index in [0.717, 1.165) is 39.5 Å². The molecule has 0 fully saturated rings. The number of aldehydes is 2. The summed E-state index contributed by atoms with van der Waals surface area (Å²) in [6, 6.07) is 18.5. The minimum absolute atomic E-state index is 0.0141. The van der Waals surface area contributed by atoms with Crippen molar-refractivity contribution in [2.45, 2.75) is 0 Å². The van der Waals surface area contributed by atoms with Crippen LogP contribution in [0.15, 0.2) is 84.0 Å². The van der Waals surface area contributed by atoms with Gasteiger partial charge in [-0.3, -0.25) is 18.8 Å². The molecule has 39 heavy (non-hydrogen) atoms. The molecule has 0 bridgehead atoms. The van der Waals surface area contributed by atoms with Gasteiger partial charge < -0.3 is 4.57 Å². The summed E-state index contributed by atoms with van der Waals surface area (Å²) < 4.78 is 3.13. The number of aromatic nitrogens is 4. The van der Waals surface area contributed by atoms with Gasteiger partial charge in [0.15, 0.2) is 12.6 Å². The van der Waals surface area contributed by atoms with Crippen molar-refractivity contribution in [2.75, 3.05) is 0 Å². The number of aryl methyl sites for hydroxylation is 1. The second kappa shape index (κ2) is 9.62. The first-order chi connectivity index (χ1) is 18.9. The average Bonchev–Trinajstić information content (AvgIpc) is 3.28. The molecule has 0 amide bonds. The molecule has 4 aromatic heterocycles. The maximum Gasteiger partial charge on any atom is 0.268 e. The molecule has 6 rings (SSSR count). The zero-order valence-electron chi connectivity index (χ0n) is 20.4. The molecule has 0 unspecified atom stereocenters. The lowest BCUT2D eigenvalue weighted by molar-refractivity contribution is 0.111. The molecule has 7 nitrogen and oxygen atoms in total. The maximum absolute atomic E-state index is 12.4. The normalized spacial score (nSPS) is 11.3. The second-order valence-corrected chi connectivity index (χ2v) is 9.75. The first-order valence-electron chi connectivity index (χ1n) is 11.9. The van der Waals surface area contributed by atoms with Gasteiger partial charge in [-0.05, 0) is 29.8 Å². The molecular weight excluding hydrogens is 535 g/mol. The van der Waals surface area contributed by atoms with Crippen LogP contribution in [0.3, 0.4) is 0 Å². The van der Waals surface area contributed by atoms with Crippen molar-refractivity contribution in [3.63, 3.8) is 0 Å². The average molecular weight is 553 g/mol. The Kier molecular flexibility index (Phi) is 6.10. The smallest absolute Gasteiger partial charge is 0.268 e. The topological polar surface area (TPSA) is 86.3 Å². The van der Waals surface area contributed by atoms with Gasteiger partial charge in [0.1, 0.15) is 11.3 Å². The van der Waals surface area contributed by atoms with E-state index < -0.39 is 5.56 Å². The van der Waals surface area contributed by atoms with E-state index in [0.29, 0.717) is 38.9 Å². The molecular formula is C30H18Cl2N4O3. The molecule has 0 atom stereocenters. The Morgan fingerprint density at radius 2 is 1.49 bits per heavy atom. The van der Waals surface area contributed by atoms with Gasteiger partial charge in [0.25, 0.3) is 5.56 Å². The van der Waals surface area contributed by atoms with E-state index in [2.05, 4.69) is 4.98 Å². The first-order valence-corrected chi connectivity index (χ1v) is 12.6. The standard InChI is InChI=1S/C30H18Cl2N4O3/c1-35-14-19(16-38)21-8-9-25(34-29(21)35)24-7-3-6-23(28(24)32)22-5-2-4-20(27(22)31)17-10-11-36-26(12-17)33-13-18(15-37)30(36)39/h2-16H,1H3. The van der Waals surface area contributed by atoms with Gasteiger partial charge in [0, 0.05) is 58.8 Å². The number of halogens is 2. The Hall–Kier alpha value is -4.59.